The Hall–Kier alpha value is -2.61. The summed E-state index contributed by atoms with van der Waals surface area (Å²) in [4.78, 5) is 24.6. The van der Waals surface area contributed by atoms with Gasteiger partial charge in [0, 0.05) is 24.5 Å². The number of ether oxygens (including phenoxy) is 2. The number of benzene rings is 1. The molecule has 3 heterocycles. The minimum Gasteiger partial charge on any atom is -0.462 e. The van der Waals surface area contributed by atoms with Crippen LogP contribution in [0.1, 0.15) is 5.56 Å². The molecule has 7 nitrogen and oxygen atoms in total. The third-order valence-electron chi connectivity index (χ3n) is 4.16. The summed E-state index contributed by atoms with van der Waals surface area (Å²) in [5, 5.41) is 3.62. The number of furan rings is 1. The number of aryl methyl sites for hydroxylation is 1. The Balaban J connectivity index is 1.89. The van der Waals surface area contributed by atoms with Crippen molar-refractivity contribution in [3.05, 3.63) is 29.8 Å². The predicted molar refractivity (Wildman–Crippen MR) is 76.0 cm³/mol. The van der Waals surface area contributed by atoms with Crippen LogP contribution in [0.3, 0.4) is 0 Å². The number of esters is 2. The van der Waals surface area contributed by atoms with E-state index in [4.69, 9.17) is 13.9 Å². The van der Waals surface area contributed by atoms with Crippen LogP contribution < -0.4 is 10.2 Å². The number of anilines is 1. The highest BCUT2D eigenvalue weighted by Crippen LogP contribution is 2.38. The van der Waals surface area contributed by atoms with Gasteiger partial charge in [0.15, 0.2) is 5.58 Å². The molecule has 0 radical (unpaired) electrons. The third-order valence-corrected chi connectivity index (χ3v) is 4.16. The van der Waals surface area contributed by atoms with Crippen LogP contribution in [-0.2, 0) is 19.1 Å². The number of fused-ring (bicyclic) bond motifs is 1. The first kappa shape index (κ1) is 14.0. The van der Waals surface area contributed by atoms with Crippen LogP contribution in [0.15, 0.2) is 22.8 Å². The standard InChI is InChI=1S/C15H13FN2O5/c1-8-9-2-5-21-12(9)11(6-10(8)16)18-4-3-17-7-15(18)22-13(19)14(20)23-15/h2,5-6,17H,3-4,7H2,1H3. The van der Waals surface area contributed by atoms with E-state index in [0.29, 0.717) is 35.3 Å². The van der Waals surface area contributed by atoms with Gasteiger partial charge in [-0.15, -0.1) is 0 Å². The van der Waals surface area contributed by atoms with Gasteiger partial charge in [-0.25, -0.2) is 14.0 Å². The van der Waals surface area contributed by atoms with Crippen molar-refractivity contribution < 1.29 is 27.9 Å². The van der Waals surface area contributed by atoms with E-state index in [9.17, 15) is 14.0 Å². The van der Waals surface area contributed by atoms with Crippen molar-refractivity contribution in [2.24, 2.45) is 0 Å². The molecular formula is C15H13FN2O5. The minimum absolute atomic E-state index is 0.0855. The Kier molecular flexibility index (Phi) is 2.86. The number of rotatable bonds is 1. The van der Waals surface area contributed by atoms with Crippen molar-refractivity contribution in [2.75, 3.05) is 24.5 Å². The Morgan fingerprint density at radius 3 is 2.78 bits per heavy atom. The Bertz CT molecular complexity index is 815. The summed E-state index contributed by atoms with van der Waals surface area (Å²) in [6.07, 6.45) is 1.46. The molecule has 0 unspecified atom stereocenters. The van der Waals surface area contributed by atoms with Gasteiger partial charge in [-0.3, -0.25) is 4.90 Å². The number of nitrogens with zero attached hydrogens (tertiary/aromatic N) is 1. The molecule has 2 aromatic rings. The summed E-state index contributed by atoms with van der Waals surface area (Å²) in [5.41, 5.74) is 1.28. The molecule has 0 amide bonds. The van der Waals surface area contributed by atoms with Crippen LogP contribution in [0, 0.1) is 12.7 Å². The Morgan fingerprint density at radius 2 is 2.04 bits per heavy atom. The monoisotopic (exact) mass is 320 g/mol. The molecular weight excluding hydrogens is 307 g/mol. The van der Waals surface area contributed by atoms with E-state index < -0.39 is 23.7 Å². The van der Waals surface area contributed by atoms with Crippen molar-refractivity contribution >= 4 is 28.6 Å². The molecule has 0 atom stereocenters. The van der Waals surface area contributed by atoms with Crippen molar-refractivity contribution in [3.8, 4) is 0 Å². The lowest BCUT2D eigenvalue weighted by Crippen LogP contribution is -2.62. The molecule has 0 saturated carbocycles. The second kappa shape index (κ2) is 4.69. The topological polar surface area (TPSA) is 81.0 Å². The van der Waals surface area contributed by atoms with Crippen LogP contribution in [0.5, 0.6) is 0 Å². The highest BCUT2D eigenvalue weighted by molar-refractivity contribution is 6.31. The molecule has 2 aliphatic heterocycles. The van der Waals surface area contributed by atoms with Crippen LogP contribution >= 0.6 is 0 Å². The van der Waals surface area contributed by atoms with Gasteiger partial charge in [-0.1, -0.05) is 0 Å². The summed E-state index contributed by atoms with van der Waals surface area (Å²) < 4.78 is 30.1. The van der Waals surface area contributed by atoms with Gasteiger partial charge in [0.2, 0.25) is 0 Å². The van der Waals surface area contributed by atoms with E-state index >= 15 is 0 Å². The first-order valence-corrected chi connectivity index (χ1v) is 7.13. The van der Waals surface area contributed by atoms with Crippen molar-refractivity contribution in [3.63, 3.8) is 0 Å². The van der Waals surface area contributed by atoms with Gasteiger partial charge >= 0.3 is 17.8 Å². The maximum Gasteiger partial charge on any atom is 0.422 e. The normalized spacial score (nSPS) is 20.2. The van der Waals surface area contributed by atoms with E-state index in [0.717, 1.165) is 0 Å². The highest BCUT2D eigenvalue weighted by atomic mass is 19.1. The largest absolute Gasteiger partial charge is 0.462 e. The van der Waals surface area contributed by atoms with Crippen molar-refractivity contribution in [2.45, 2.75) is 12.8 Å². The lowest BCUT2D eigenvalue weighted by atomic mass is 10.1. The number of hydrogen-bond donors (Lipinski definition) is 1. The summed E-state index contributed by atoms with van der Waals surface area (Å²) in [7, 11) is 0. The van der Waals surface area contributed by atoms with E-state index in [1.54, 1.807) is 17.9 Å². The third kappa shape index (κ3) is 1.91. The van der Waals surface area contributed by atoms with E-state index in [1.807, 2.05) is 0 Å². The maximum absolute atomic E-state index is 14.3. The van der Waals surface area contributed by atoms with E-state index in [1.165, 1.54) is 12.3 Å². The molecule has 1 aromatic heterocycles. The molecule has 1 spiro atoms. The number of halogens is 1. The summed E-state index contributed by atoms with van der Waals surface area (Å²) in [5.74, 6) is -4.17. The zero-order chi connectivity index (χ0) is 16.2. The first-order valence-electron chi connectivity index (χ1n) is 7.13. The number of carbonyl (C=O) groups excluding carboxylic acids is 2. The molecule has 8 heteroatoms. The lowest BCUT2D eigenvalue weighted by molar-refractivity contribution is -0.180. The van der Waals surface area contributed by atoms with Crippen molar-refractivity contribution in [1.82, 2.24) is 5.32 Å². The maximum atomic E-state index is 14.3. The van der Waals surface area contributed by atoms with Crippen LogP contribution in [0.25, 0.3) is 11.0 Å². The van der Waals surface area contributed by atoms with Gasteiger partial charge in [-0.05, 0) is 18.6 Å². The lowest BCUT2D eigenvalue weighted by Gasteiger charge is -2.41. The van der Waals surface area contributed by atoms with Crippen LogP contribution in [0.4, 0.5) is 10.1 Å². The fourth-order valence-electron chi connectivity index (χ4n) is 3.01. The molecule has 2 saturated heterocycles. The second-order valence-electron chi connectivity index (χ2n) is 5.49. The fourth-order valence-corrected chi connectivity index (χ4v) is 3.01. The van der Waals surface area contributed by atoms with Gasteiger partial charge < -0.3 is 19.2 Å². The Labute approximate surface area is 129 Å². The zero-order valence-electron chi connectivity index (χ0n) is 12.2. The summed E-state index contributed by atoms with van der Waals surface area (Å²) in [6, 6.07) is 2.97. The van der Waals surface area contributed by atoms with Crippen LogP contribution in [0.2, 0.25) is 0 Å². The number of piperazine rings is 1. The summed E-state index contributed by atoms with van der Waals surface area (Å²) in [6.45, 7) is 2.63. The highest BCUT2D eigenvalue weighted by Gasteiger charge is 2.55. The number of hydrogen-bond acceptors (Lipinski definition) is 7. The Morgan fingerprint density at radius 1 is 1.30 bits per heavy atom. The molecule has 0 aliphatic carbocycles. The molecule has 1 aromatic carbocycles. The van der Waals surface area contributed by atoms with Crippen LogP contribution in [-0.4, -0.2) is 37.5 Å². The zero-order valence-corrected chi connectivity index (χ0v) is 12.2. The molecule has 120 valence electrons. The first-order chi connectivity index (χ1) is 11.0. The molecule has 2 aliphatic rings. The molecule has 2 fully saturated rings. The van der Waals surface area contributed by atoms with E-state index in [2.05, 4.69) is 5.32 Å². The fraction of sp³-hybridized carbons (Fsp3) is 0.333. The predicted octanol–water partition coefficient (Wildman–Crippen LogP) is 1.04. The van der Waals surface area contributed by atoms with Gasteiger partial charge in [0.25, 0.3) is 0 Å². The van der Waals surface area contributed by atoms with E-state index in [-0.39, 0.29) is 6.54 Å². The SMILES string of the molecule is Cc1c(F)cc(N2CCNCC23OC(=O)C(=O)O3)c2occc12. The average molecular weight is 320 g/mol. The molecule has 1 N–H and O–H groups in total. The quantitative estimate of drug-likeness (QED) is 0.621. The summed E-state index contributed by atoms with van der Waals surface area (Å²) >= 11 is 0. The molecule has 4 rings (SSSR count). The van der Waals surface area contributed by atoms with Gasteiger partial charge in [-0.2, -0.15) is 0 Å². The number of carbonyl (C=O) groups is 2. The second-order valence-corrected chi connectivity index (χ2v) is 5.49. The number of nitrogens with one attached hydrogen (secondary N) is 1. The van der Waals surface area contributed by atoms with Gasteiger partial charge in [0.1, 0.15) is 5.82 Å². The smallest absolute Gasteiger partial charge is 0.422 e. The van der Waals surface area contributed by atoms with Gasteiger partial charge in [0.05, 0.1) is 18.5 Å². The minimum atomic E-state index is -1.62. The molecule has 0 bridgehead atoms. The molecule has 23 heavy (non-hydrogen) atoms. The average Bonchev–Trinajstić information content (AvgIpc) is 3.10. The van der Waals surface area contributed by atoms with Crippen molar-refractivity contribution in [1.29, 1.82) is 0 Å².